The lowest BCUT2D eigenvalue weighted by molar-refractivity contribution is 0.580. The van der Waals surface area contributed by atoms with Crippen LogP contribution in [0.3, 0.4) is 0 Å². The first-order valence-electron chi connectivity index (χ1n) is 5.52. The molecule has 1 N–H and O–H groups in total. The van der Waals surface area contributed by atoms with Gasteiger partial charge >= 0.3 is 0 Å². The number of sulfonamides is 1. The molecule has 2 aromatic rings. The summed E-state index contributed by atoms with van der Waals surface area (Å²) in [5.41, 5.74) is 0.749. The van der Waals surface area contributed by atoms with E-state index in [9.17, 15) is 8.42 Å². The van der Waals surface area contributed by atoms with E-state index < -0.39 is 16.1 Å². The summed E-state index contributed by atoms with van der Waals surface area (Å²) in [6, 6.07) is 8.26. The van der Waals surface area contributed by atoms with Crippen molar-refractivity contribution >= 4 is 21.4 Å². The van der Waals surface area contributed by atoms with E-state index in [0.717, 1.165) is 21.9 Å². The Labute approximate surface area is 116 Å². The molecule has 98 valence electrons. The SMILES string of the molecule is C#CC(C)NS(=O)(=O)c1ccc(-c2ccccn2)s1. The molecule has 1 unspecified atom stereocenters. The van der Waals surface area contributed by atoms with Crippen molar-refractivity contribution in [3.05, 3.63) is 36.5 Å². The standard InChI is InChI=1S/C13H12N2O2S2/c1-3-10(2)15-19(16,17)13-8-7-12(18-13)11-6-4-5-9-14-11/h1,4-10,15H,2H3. The molecule has 2 aromatic heterocycles. The number of hydrogen-bond acceptors (Lipinski definition) is 4. The molecule has 4 nitrogen and oxygen atoms in total. The minimum absolute atomic E-state index is 0.232. The third-order valence-electron chi connectivity index (χ3n) is 2.35. The van der Waals surface area contributed by atoms with Crippen molar-refractivity contribution in [3.8, 4) is 22.9 Å². The van der Waals surface area contributed by atoms with Crippen molar-refractivity contribution in [2.45, 2.75) is 17.2 Å². The molecule has 0 aliphatic rings. The van der Waals surface area contributed by atoms with Gasteiger partial charge in [-0.15, -0.1) is 17.8 Å². The van der Waals surface area contributed by atoms with Gasteiger partial charge in [0.1, 0.15) is 4.21 Å². The summed E-state index contributed by atoms with van der Waals surface area (Å²) in [5.74, 6) is 2.33. The van der Waals surface area contributed by atoms with Crippen LogP contribution in [0.5, 0.6) is 0 Å². The van der Waals surface area contributed by atoms with Gasteiger partial charge in [-0.2, -0.15) is 4.72 Å². The predicted octanol–water partition coefficient (Wildman–Crippen LogP) is 2.11. The van der Waals surface area contributed by atoms with Gasteiger partial charge < -0.3 is 0 Å². The Kier molecular flexibility index (Phi) is 4.00. The van der Waals surface area contributed by atoms with Gasteiger partial charge in [0.25, 0.3) is 10.0 Å². The molecule has 6 heteroatoms. The number of nitrogens with one attached hydrogen (secondary N) is 1. The number of terminal acetylenes is 1. The van der Waals surface area contributed by atoms with E-state index in [1.807, 2.05) is 18.2 Å². The van der Waals surface area contributed by atoms with Gasteiger partial charge in [-0.05, 0) is 31.2 Å². The van der Waals surface area contributed by atoms with Crippen LogP contribution in [0.1, 0.15) is 6.92 Å². The molecule has 0 aromatic carbocycles. The van der Waals surface area contributed by atoms with Crippen LogP contribution in [0.4, 0.5) is 0 Å². The second-order valence-corrected chi connectivity index (χ2v) is 6.87. The maximum atomic E-state index is 12.0. The summed E-state index contributed by atoms with van der Waals surface area (Å²) < 4.78 is 26.7. The lowest BCUT2D eigenvalue weighted by atomic mass is 10.3. The molecule has 0 radical (unpaired) electrons. The lowest BCUT2D eigenvalue weighted by Gasteiger charge is -2.06. The second-order valence-electron chi connectivity index (χ2n) is 3.84. The van der Waals surface area contributed by atoms with Crippen LogP contribution in [0, 0.1) is 12.3 Å². The summed E-state index contributed by atoms with van der Waals surface area (Å²) in [5, 5.41) is 0. The summed E-state index contributed by atoms with van der Waals surface area (Å²) in [7, 11) is -3.56. The first-order valence-corrected chi connectivity index (χ1v) is 7.82. The summed E-state index contributed by atoms with van der Waals surface area (Å²) >= 11 is 1.16. The Morgan fingerprint density at radius 1 is 1.37 bits per heavy atom. The second kappa shape index (κ2) is 5.53. The van der Waals surface area contributed by atoms with E-state index in [4.69, 9.17) is 6.42 Å². The third kappa shape index (κ3) is 3.20. The molecular formula is C13H12N2O2S2. The molecule has 0 spiro atoms. The first kappa shape index (κ1) is 13.7. The average Bonchev–Trinajstić information content (AvgIpc) is 2.89. The minimum Gasteiger partial charge on any atom is -0.255 e. The highest BCUT2D eigenvalue weighted by atomic mass is 32.2. The molecule has 0 fully saturated rings. The zero-order valence-electron chi connectivity index (χ0n) is 10.2. The van der Waals surface area contributed by atoms with Gasteiger partial charge in [0.05, 0.1) is 16.6 Å². The number of hydrogen-bond donors (Lipinski definition) is 1. The van der Waals surface area contributed by atoms with Crippen molar-refractivity contribution in [1.82, 2.24) is 9.71 Å². The zero-order chi connectivity index (χ0) is 13.9. The fraction of sp³-hybridized carbons (Fsp3) is 0.154. The van der Waals surface area contributed by atoms with Crippen LogP contribution in [-0.2, 0) is 10.0 Å². The zero-order valence-corrected chi connectivity index (χ0v) is 11.8. The Morgan fingerprint density at radius 2 is 2.16 bits per heavy atom. The summed E-state index contributed by atoms with van der Waals surface area (Å²) in [6.45, 7) is 1.62. The van der Waals surface area contributed by atoms with Crippen LogP contribution < -0.4 is 4.72 Å². The van der Waals surface area contributed by atoms with Crippen molar-refractivity contribution in [2.75, 3.05) is 0 Å². The average molecular weight is 292 g/mol. The van der Waals surface area contributed by atoms with Crippen LogP contribution >= 0.6 is 11.3 Å². The molecule has 2 rings (SSSR count). The Hall–Kier alpha value is -1.68. The van der Waals surface area contributed by atoms with E-state index in [1.165, 1.54) is 0 Å². The fourth-order valence-corrected chi connectivity index (χ4v) is 3.90. The molecule has 0 amide bonds. The Morgan fingerprint density at radius 3 is 2.79 bits per heavy atom. The highest BCUT2D eigenvalue weighted by Gasteiger charge is 2.19. The normalized spacial score (nSPS) is 12.8. The van der Waals surface area contributed by atoms with Crippen molar-refractivity contribution in [3.63, 3.8) is 0 Å². The number of thiophene rings is 1. The van der Waals surface area contributed by atoms with Gasteiger partial charge in [0.15, 0.2) is 0 Å². The van der Waals surface area contributed by atoms with E-state index in [-0.39, 0.29) is 4.21 Å². The predicted molar refractivity (Wildman–Crippen MR) is 76.2 cm³/mol. The van der Waals surface area contributed by atoms with E-state index in [1.54, 1.807) is 25.3 Å². The van der Waals surface area contributed by atoms with Gasteiger partial charge in [0.2, 0.25) is 0 Å². The van der Waals surface area contributed by atoms with Gasteiger partial charge in [-0.3, -0.25) is 4.98 Å². The molecular weight excluding hydrogens is 280 g/mol. The molecule has 0 aliphatic heterocycles. The van der Waals surface area contributed by atoms with Crippen LogP contribution in [-0.4, -0.2) is 19.4 Å². The molecule has 0 saturated carbocycles. The molecule has 0 bridgehead atoms. The Bertz CT molecular complexity index is 700. The van der Waals surface area contributed by atoms with Crippen LogP contribution in [0.2, 0.25) is 0 Å². The Balaban J connectivity index is 2.30. The smallest absolute Gasteiger partial charge is 0.251 e. The fourth-order valence-electron chi connectivity index (χ4n) is 1.44. The number of pyridine rings is 1. The highest BCUT2D eigenvalue weighted by Crippen LogP contribution is 2.29. The number of aromatic nitrogens is 1. The number of rotatable bonds is 4. The molecule has 19 heavy (non-hydrogen) atoms. The maximum absolute atomic E-state index is 12.0. The lowest BCUT2D eigenvalue weighted by Crippen LogP contribution is -2.30. The van der Waals surface area contributed by atoms with E-state index in [0.29, 0.717) is 0 Å². The van der Waals surface area contributed by atoms with Crippen molar-refractivity contribution in [2.24, 2.45) is 0 Å². The van der Waals surface area contributed by atoms with Gasteiger partial charge in [-0.1, -0.05) is 12.0 Å². The van der Waals surface area contributed by atoms with Gasteiger partial charge in [0, 0.05) is 6.20 Å². The van der Waals surface area contributed by atoms with Crippen LogP contribution in [0.25, 0.3) is 10.6 Å². The monoisotopic (exact) mass is 292 g/mol. The topological polar surface area (TPSA) is 59.1 Å². The molecule has 1 atom stereocenters. The van der Waals surface area contributed by atoms with Crippen LogP contribution in [0.15, 0.2) is 40.7 Å². The number of nitrogens with zero attached hydrogens (tertiary/aromatic N) is 1. The third-order valence-corrected chi connectivity index (χ3v) is 5.49. The van der Waals surface area contributed by atoms with Crippen molar-refractivity contribution in [1.29, 1.82) is 0 Å². The summed E-state index contributed by atoms with van der Waals surface area (Å²) in [6.07, 6.45) is 6.84. The largest absolute Gasteiger partial charge is 0.255 e. The molecule has 2 heterocycles. The maximum Gasteiger partial charge on any atom is 0.251 e. The minimum atomic E-state index is -3.56. The van der Waals surface area contributed by atoms with E-state index >= 15 is 0 Å². The first-order chi connectivity index (χ1) is 9.03. The van der Waals surface area contributed by atoms with Gasteiger partial charge in [-0.25, -0.2) is 8.42 Å². The molecule has 0 saturated heterocycles. The highest BCUT2D eigenvalue weighted by molar-refractivity contribution is 7.91. The van der Waals surface area contributed by atoms with E-state index in [2.05, 4.69) is 15.6 Å². The van der Waals surface area contributed by atoms with Crippen molar-refractivity contribution < 1.29 is 8.42 Å². The quantitative estimate of drug-likeness (QED) is 0.878. The summed E-state index contributed by atoms with van der Waals surface area (Å²) in [4.78, 5) is 4.98. The molecule has 0 aliphatic carbocycles.